The number of hydrogen-bond acceptors (Lipinski definition) is 4. The number of carbonyl (C=O) groups is 1. The smallest absolute Gasteiger partial charge is 0.244 e. The molecule has 0 saturated carbocycles. The van der Waals surface area contributed by atoms with Crippen LogP contribution in [0.1, 0.15) is 11.3 Å². The Morgan fingerprint density at radius 1 is 1.18 bits per heavy atom. The molecule has 22 heavy (non-hydrogen) atoms. The number of ether oxygens (including phenoxy) is 2. The second kappa shape index (κ2) is 6.85. The fourth-order valence-electron chi connectivity index (χ4n) is 2.18. The van der Waals surface area contributed by atoms with Crippen molar-refractivity contribution >= 4 is 12.0 Å². The predicted octanol–water partition coefficient (Wildman–Crippen LogP) is 2.42. The van der Waals surface area contributed by atoms with E-state index >= 15 is 0 Å². The summed E-state index contributed by atoms with van der Waals surface area (Å²) in [6, 6.07) is 9.42. The van der Waals surface area contributed by atoms with E-state index in [9.17, 15) is 4.79 Å². The quantitative estimate of drug-likeness (QED) is 0.861. The summed E-state index contributed by atoms with van der Waals surface area (Å²) in [5.41, 5.74) is 1.10. The van der Waals surface area contributed by atoms with Gasteiger partial charge in [0.25, 0.3) is 0 Å². The molecule has 0 spiro atoms. The third-order valence-corrected chi connectivity index (χ3v) is 3.26. The Bertz CT molecular complexity index is 661. The molecule has 0 bridgehead atoms. The lowest BCUT2D eigenvalue weighted by atomic mass is 10.1. The van der Waals surface area contributed by atoms with Crippen LogP contribution in [-0.2, 0) is 11.2 Å². The zero-order chi connectivity index (χ0) is 15.2. The molecule has 5 nitrogen and oxygen atoms in total. The molecule has 1 aliphatic rings. The minimum Gasteiger partial charge on any atom is -0.486 e. The minimum atomic E-state index is -0.144. The maximum Gasteiger partial charge on any atom is 0.244 e. The lowest BCUT2D eigenvalue weighted by Crippen LogP contribution is -2.23. The van der Waals surface area contributed by atoms with Gasteiger partial charge < -0.3 is 19.2 Å². The Kier molecular flexibility index (Phi) is 4.44. The van der Waals surface area contributed by atoms with Crippen molar-refractivity contribution in [3.05, 3.63) is 54.0 Å². The van der Waals surface area contributed by atoms with Crippen molar-refractivity contribution in [1.82, 2.24) is 5.32 Å². The largest absolute Gasteiger partial charge is 0.486 e. The van der Waals surface area contributed by atoms with E-state index in [4.69, 9.17) is 13.9 Å². The zero-order valence-electron chi connectivity index (χ0n) is 12.1. The van der Waals surface area contributed by atoms with Gasteiger partial charge in [-0.05, 0) is 42.3 Å². The van der Waals surface area contributed by atoms with Gasteiger partial charge in [-0.3, -0.25) is 4.79 Å². The predicted molar refractivity (Wildman–Crippen MR) is 81.9 cm³/mol. The topological polar surface area (TPSA) is 60.7 Å². The second-order valence-electron chi connectivity index (χ2n) is 4.87. The van der Waals surface area contributed by atoms with E-state index in [1.165, 1.54) is 6.08 Å². The number of nitrogens with one attached hydrogen (secondary N) is 1. The van der Waals surface area contributed by atoms with Crippen LogP contribution in [0.4, 0.5) is 0 Å². The van der Waals surface area contributed by atoms with Gasteiger partial charge in [0, 0.05) is 12.6 Å². The first-order chi connectivity index (χ1) is 10.8. The van der Waals surface area contributed by atoms with E-state index < -0.39 is 0 Å². The second-order valence-corrected chi connectivity index (χ2v) is 4.87. The number of hydrogen-bond donors (Lipinski definition) is 1. The van der Waals surface area contributed by atoms with Crippen LogP contribution in [0.25, 0.3) is 6.08 Å². The van der Waals surface area contributed by atoms with Gasteiger partial charge in [0.05, 0.1) is 6.26 Å². The van der Waals surface area contributed by atoms with Crippen molar-refractivity contribution < 1.29 is 18.7 Å². The molecule has 2 heterocycles. The summed E-state index contributed by atoms with van der Waals surface area (Å²) in [5.74, 6) is 2.06. The Morgan fingerprint density at radius 2 is 2.05 bits per heavy atom. The molecular weight excluding hydrogens is 282 g/mol. The lowest BCUT2D eigenvalue weighted by Gasteiger charge is -2.18. The molecule has 1 amide bonds. The van der Waals surface area contributed by atoms with Gasteiger partial charge >= 0.3 is 0 Å². The summed E-state index contributed by atoms with van der Waals surface area (Å²) in [4.78, 5) is 11.7. The first-order valence-electron chi connectivity index (χ1n) is 7.19. The molecule has 1 N–H and O–H groups in total. The third kappa shape index (κ3) is 3.69. The van der Waals surface area contributed by atoms with Crippen molar-refractivity contribution in [3.8, 4) is 11.5 Å². The van der Waals surface area contributed by atoms with E-state index in [1.807, 2.05) is 18.2 Å². The van der Waals surface area contributed by atoms with E-state index in [1.54, 1.807) is 24.5 Å². The summed E-state index contributed by atoms with van der Waals surface area (Å²) < 4.78 is 16.1. The summed E-state index contributed by atoms with van der Waals surface area (Å²) >= 11 is 0. The monoisotopic (exact) mass is 299 g/mol. The molecule has 0 atom stereocenters. The highest BCUT2D eigenvalue weighted by atomic mass is 16.6. The molecule has 114 valence electrons. The van der Waals surface area contributed by atoms with E-state index in [2.05, 4.69) is 5.32 Å². The number of rotatable bonds is 5. The molecule has 1 aromatic carbocycles. The minimum absolute atomic E-state index is 0.144. The standard InChI is InChI=1S/C17H17NO4/c19-17(6-4-14-2-1-9-20-14)18-8-7-13-3-5-15-16(12-13)22-11-10-21-15/h1-6,9,12H,7-8,10-11H2,(H,18,19)/b6-4+. The Balaban J connectivity index is 1.47. The molecule has 0 saturated heterocycles. The summed E-state index contributed by atoms with van der Waals surface area (Å²) in [7, 11) is 0. The maximum atomic E-state index is 11.7. The first-order valence-corrected chi connectivity index (χ1v) is 7.19. The van der Waals surface area contributed by atoms with Crippen molar-refractivity contribution in [2.45, 2.75) is 6.42 Å². The van der Waals surface area contributed by atoms with Crippen LogP contribution in [0.2, 0.25) is 0 Å². The van der Waals surface area contributed by atoms with Gasteiger partial charge in [0.2, 0.25) is 5.91 Å². The molecule has 5 heteroatoms. The maximum absolute atomic E-state index is 11.7. The molecule has 0 fully saturated rings. The van der Waals surface area contributed by atoms with E-state index in [0.717, 1.165) is 23.5 Å². The molecule has 2 aromatic rings. The number of furan rings is 1. The summed E-state index contributed by atoms with van der Waals surface area (Å²) in [6.45, 7) is 1.72. The highest BCUT2D eigenvalue weighted by Crippen LogP contribution is 2.30. The normalized spacial score (nSPS) is 13.3. The number of amides is 1. The summed E-state index contributed by atoms with van der Waals surface area (Å²) in [5, 5.41) is 2.83. The molecule has 0 radical (unpaired) electrons. The Morgan fingerprint density at radius 3 is 2.86 bits per heavy atom. The van der Waals surface area contributed by atoms with Crippen LogP contribution >= 0.6 is 0 Å². The molecule has 3 rings (SSSR count). The third-order valence-electron chi connectivity index (χ3n) is 3.26. The van der Waals surface area contributed by atoms with Crippen LogP contribution in [0.15, 0.2) is 47.1 Å². The van der Waals surface area contributed by atoms with E-state index in [0.29, 0.717) is 25.5 Å². The molecular formula is C17H17NO4. The van der Waals surface area contributed by atoms with Crippen molar-refractivity contribution in [1.29, 1.82) is 0 Å². The van der Waals surface area contributed by atoms with Gasteiger partial charge in [-0.25, -0.2) is 0 Å². The first kappa shape index (κ1) is 14.3. The van der Waals surface area contributed by atoms with Crippen LogP contribution in [0.5, 0.6) is 11.5 Å². The van der Waals surface area contributed by atoms with E-state index in [-0.39, 0.29) is 5.91 Å². The number of benzene rings is 1. The SMILES string of the molecule is O=C(/C=C/c1ccco1)NCCc1ccc2c(c1)OCCO2. The zero-order valence-corrected chi connectivity index (χ0v) is 12.1. The number of fused-ring (bicyclic) bond motifs is 1. The van der Waals surface area contributed by atoms with Gasteiger partial charge in [-0.1, -0.05) is 6.07 Å². The van der Waals surface area contributed by atoms with Crippen LogP contribution < -0.4 is 14.8 Å². The average Bonchev–Trinajstić information content (AvgIpc) is 3.06. The summed E-state index contributed by atoms with van der Waals surface area (Å²) in [6.07, 6.45) is 5.40. The highest BCUT2D eigenvalue weighted by Gasteiger charge is 2.11. The van der Waals surface area contributed by atoms with Gasteiger partial charge in [0.15, 0.2) is 11.5 Å². The number of carbonyl (C=O) groups excluding carboxylic acids is 1. The fraction of sp³-hybridized carbons (Fsp3) is 0.235. The average molecular weight is 299 g/mol. The Labute approximate surface area is 128 Å². The van der Waals surface area contributed by atoms with Gasteiger partial charge in [-0.15, -0.1) is 0 Å². The van der Waals surface area contributed by atoms with Crippen LogP contribution in [0.3, 0.4) is 0 Å². The van der Waals surface area contributed by atoms with Crippen molar-refractivity contribution in [2.24, 2.45) is 0 Å². The van der Waals surface area contributed by atoms with Crippen LogP contribution in [-0.4, -0.2) is 25.7 Å². The van der Waals surface area contributed by atoms with Gasteiger partial charge in [-0.2, -0.15) is 0 Å². The molecule has 1 aromatic heterocycles. The Hall–Kier alpha value is -2.69. The fourth-order valence-corrected chi connectivity index (χ4v) is 2.18. The van der Waals surface area contributed by atoms with Crippen molar-refractivity contribution in [2.75, 3.05) is 19.8 Å². The molecule has 0 aliphatic carbocycles. The lowest BCUT2D eigenvalue weighted by molar-refractivity contribution is -0.116. The highest BCUT2D eigenvalue weighted by molar-refractivity contribution is 5.91. The van der Waals surface area contributed by atoms with Crippen LogP contribution in [0, 0.1) is 0 Å². The molecule has 1 aliphatic heterocycles. The van der Waals surface area contributed by atoms with Crippen molar-refractivity contribution in [3.63, 3.8) is 0 Å². The van der Waals surface area contributed by atoms with Gasteiger partial charge in [0.1, 0.15) is 19.0 Å². The molecule has 0 unspecified atom stereocenters.